The van der Waals surface area contributed by atoms with Crippen LogP contribution in [0.15, 0.2) is 71.0 Å². The molecule has 6 nitrogen and oxygen atoms in total. The summed E-state index contributed by atoms with van der Waals surface area (Å²) in [5, 5.41) is 0. The van der Waals surface area contributed by atoms with Crippen LogP contribution in [0, 0.1) is 0 Å². The predicted molar refractivity (Wildman–Crippen MR) is 126 cm³/mol. The largest absolute Gasteiger partial charge is 0.459 e. The van der Waals surface area contributed by atoms with Crippen molar-refractivity contribution in [2.75, 3.05) is 0 Å². The summed E-state index contributed by atoms with van der Waals surface area (Å²) in [5.41, 5.74) is 1.46. The molecule has 0 N–H and O–H groups in total. The summed E-state index contributed by atoms with van der Waals surface area (Å²) < 4.78 is 14.4. The molecule has 0 fully saturated rings. The van der Waals surface area contributed by atoms with Gasteiger partial charge < -0.3 is 9.15 Å². The number of halogens is 2. The number of benzene rings is 1. The van der Waals surface area contributed by atoms with E-state index in [1.807, 2.05) is 30.3 Å². The van der Waals surface area contributed by atoms with E-state index >= 15 is 0 Å². The molecule has 0 radical (unpaired) electrons. The number of carbonyl (C=O) groups is 1. The van der Waals surface area contributed by atoms with Crippen molar-refractivity contribution in [2.24, 2.45) is 4.99 Å². The average molecular weight is 566 g/mol. The van der Waals surface area contributed by atoms with Crippen LogP contribution in [0.2, 0.25) is 0 Å². The lowest BCUT2D eigenvalue weighted by Gasteiger charge is -2.25. The summed E-state index contributed by atoms with van der Waals surface area (Å²) in [7, 11) is 0. The topological polar surface area (TPSA) is 73.8 Å². The molecule has 0 spiro atoms. The number of rotatable bonds is 4. The van der Waals surface area contributed by atoms with E-state index < -0.39 is 12.0 Å². The van der Waals surface area contributed by atoms with Gasteiger partial charge in [0.2, 0.25) is 0 Å². The van der Waals surface area contributed by atoms with E-state index in [0.717, 1.165) is 10.0 Å². The van der Waals surface area contributed by atoms with Gasteiger partial charge in [-0.25, -0.2) is 9.79 Å². The Morgan fingerprint density at radius 3 is 2.61 bits per heavy atom. The Balaban J connectivity index is 1.94. The predicted octanol–water partition coefficient (Wildman–Crippen LogP) is 4.30. The maximum absolute atomic E-state index is 13.4. The summed E-state index contributed by atoms with van der Waals surface area (Å²) >= 11 is 7.94. The second-order valence-electron chi connectivity index (χ2n) is 7.22. The van der Waals surface area contributed by atoms with Crippen LogP contribution in [0.1, 0.15) is 38.1 Å². The minimum atomic E-state index is -0.624. The van der Waals surface area contributed by atoms with Crippen molar-refractivity contribution >= 4 is 55.2 Å². The highest BCUT2D eigenvalue weighted by molar-refractivity contribution is 9.13. The Labute approximate surface area is 198 Å². The molecule has 31 heavy (non-hydrogen) atoms. The zero-order valence-electron chi connectivity index (χ0n) is 16.9. The molecule has 3 aromatic rings. The lowest BCUT2D eigenvalue weighted by molar-refractivity contribution is -0.143. The van der Waals surface area contributed by atoms with Gasteiger partial charge in [0.15, 0.2) is 9.47 Å². The number of ether oxygens (including phenoxy) is 1. The summed E-state index contributed by atoms with van der Waals surface area (Å²) in [6, 6.07) is 10.6. The fourth-order valence-corrected chi connectivity index (χ4v) is 5.01. The first-order valence-corrected chi connectivity index (χ1v) is 11.9. The van der Waals surface area contributed by atoms with Crippen molar-refractivity contribution in [3.8, 4) is 0 Å². The zero-order chi connectivity index (χ0) is 22.3. The van der Waals surface area contributed by atoms with Crippen LogP contribution in [0.3, 0.4) is 0 Å². The summed E-state index contributed by atoms with van der Waals surface area (Å²) in [6.45, 7) is 5.35. The number of nitrogens with zero attached hydrogens (tertiary/aromatic N) is 2. The molecule has 9 heteroatoms. The molecular formula is C22H18Br2N2O4S. The third kappa shape index (κ3) is 4.26. The van der Waals surface area contributed by atoms with Gasteiger partial charge in [-0.1, -0.05) is 41.7 Å². The standard InChI is InChI=1S/C22H18Br2N2O4S/c1-11(2)29-21(28)17-12(3)25-22-26(18(17)13-7-5-4-6-8-13)20(27)16(31-22)10-14-9-15(23)19(24)30-14/h4-11,18H,1-3H3. The minimum Gasteiger partial charge on any atom is -0.459 e. The molecule has 1 atom stereocenters. The third-order valence-electron chi connectivity index (χ3n) is 4.64. The molecule has 1 aliphatic heterocycles. The normalized spacial score (nSPS) is 16.5. The van der Waals surface area contributed by atoms with Crippen LogP contribution in [0.4, 0.5) is 0 Å². The van der Waals surface area contributed by atoms with Gasteiger partial charge in [-0.05, 0) is 64.3 Å². The highest BCUT2D eigenvalue weighted by Gasteiger charge is 2.33. The first-order valence-electron chi connectivity index (χ1n) is 9.49. The van der Waals surface area contributed by atoms with Crippen molar-refractivity contribution < 1.29 is 13.9 Å². The Morgan fingerprint density at radius 1 is 1.29 bits per heavy atom. The van der Waals surface area contributed by atoms with Gasteiger partial charge in [0.25, 0.3) is 5.56 Å². The SMILES string of the molecule is CC1=C(C(=O)OC(C)C)C(c2ccccc2)n2c(sc(=Cc3cc(Br)c(Br)o3)c2=O)=N1. The van der Waals surface area contributed by atoms with Gasteiger partial charge in [-0.2, -0.15) is 0 Å². The Morgan fingerprint density at radius 2 is 2.00 bits per heavy atom. The summed E-state index contributed by atoms with van der Waals surface area (Å²) in [5.74, 6) is 0.0497. The molecule has 0 aliphatic carbocycles. The second kappa shape index (κ2) is 8.72. The van der Waals surface area contributed by atoms with E-state index in [2.05, 4.69) is 36.9 Å². The van der Waals surface area contributed by atoms with E-state index in [1.165, 1.54) is 11.3 Å². The summed E-state index contributed by atoms with van der Waals surface area (Å²) in [4.78, 5) is 31.5. The number of esters is 1. The zero-order valence-corrected chi connectivity index (χ0v) is 20.9. The highest BCUT2D eigenvalue weighted by Crippen LogP contribution is 2.31. The third-order valence-corrected chi connectivity index (χ3v) is 7.33. The maximum atomic E-state index is 13.4. The van der Waals surface area contributed by atoms with E-state index in [0.29, 0.717) is 31.0 Å². The number of furan rings is 1. The maximum Gasteiger partial charge on any atom is 0.338 e. The number of aromatic nitrogens is 1. The molecule has 0 saturated carbocycles. The molecular weight excluding hydrogens is 548 g/mol. The Kier molecular flexibility index (Phi) is 6.18. The molecule has 3 heterocycles. The van der Waals surface area contributed by atoms with Gasteiger partial charge in [-0.15, -0.1) is 0 Å². The quantitative estimate of drug-likeness (QED) is 0.442. The van der Waals surface area contributed by atoms with Crippen molar-refractivity contribution in [3.63, 3.8) is 0 Å². The molecule has 1 aromatic carbocycles. The van der Waals surface area contributed by atoms with Gasteiger partial charge in [-0.3, -0.25) is 9.36 Å². The molecule has 0 bridgehead atoms. The van der Waals surface area contributed by atoms with Crippen LogP contribution < -0.4 is 14.9 Å². The van der Waals surface area contributed by atoms with Crippen molar-refractivity contribution in [3.05, 3.63) is 87.8 Å². The molecule has 160 valence electrons. The molecule has 0 saturated heterocycles. The first kappa shape index (κ1) is 22.0. The lowest BCUT2D eigenvalue weighted by Crippen LogP contribution is -2.40. The fraction of sp³-hybridized carbons (Fsp3) is 0.227. The molecule has 0 amide bonds. The number of allylic oxidation sites excluding steroid dienone is 1. The Bertz CT molecular complexity index is 1350. The first-order chi connectivity index (χ1) is 14.8. The van der Waals surface area contributed by atoms with E-state index in [4.69, 9.17) is 9.15 Å². The van der Waals surface area contributed by atoms with Crippen molar-refractivity contribution in [1.82, 2.24) is 4.57 Å². The van der Waals surface area contributed by atoms with Crippen LogP contribution in [-0.2, 0) is 9.53 Å². The number of hydrogen-bond acceptors (Lipinski definition) is 6. The van der Waals surface area contributed by atoms with Gasteiger partial charge in [0.05, 0.1) is 32.4 Å². The van der Waals surface area contributed by atoms with E-state index in [9.17, 15) is 9.59 Å². The average Bonchev–Trinajstić information content (AvgIpc) is 3.19. The number of carbonyl (C=O) groups excluding carboxylic acids is 1. The highest BCUT2D eigenvalue weighted by atomic mass is 79.9. The Hall–Kier alpha value is -2.23. The van der Waals surface area contributed by atoms with Crippen molar-refractivity contribution in [1.29, 1.82) is 0 Å². The smallest absolute Gasteiger partial charge is 0.338 e. The van der Waals surface area contributed by atoms with Gasteiger partial charge in [0.1, 0.15) is 5.76 Å². The lowest BCUT2D eigenvalue weighted by atomic mass is 9.96. The van der Waals surface area contributed by atoms with Gasteiger partial charge >= 0.3 is 5.97 Å². The monoisotopic (exact) mass is 564 g/mol. The number of hydrogen-bond donors (Lipinski definition) is 0. The molecule has 2 aromatic heterocycles. The molecule has 4 rings (SSSR count). The molecule has 1 aliphatic rings. The van der Waals surface area contributed by atoms with Crippen LogP contribution >= 0.6 is 43.2 Å². The van der Waals surface area contributed by atoms with Crippen LogP contribution in [0.5, 0.6) is 0 Å². The summed E-state index contributed by atoms with van der Waals surface area (Å²) in [6.07, 6.45) is 1.39. The van der Waals surface area contributed by atoms with Crippen molar-refractivity contribution in [2.45, 2.75) is 32.9 Å². The second-order valence-corrected chi connectivity index (χ2v) is 9.80. The van der Waals surface area contributed by atoms with Crippen LogP contribution in [0.25, 0.3) is 6.08 Å². The minimum absolute atomic E-state index is 0.247. The van der Waals surface area contributed by atoms with Gasteiger partial charge in [0, 0.05) is 6.08 Å². The number of fused-ring (bicyclic) bond motifs is 1. The molecule has 1 unspecified atom stereocenters. The fourth-order valence-electron chi connectivity index (χ4n) is 3.37. The van der Waals surface area contributed by atoms with Crippen LogP contribution in [-0.4, -0.2) is 16.6 Å². The van der Waals surface area contributed by atoms with E-state index in [1.54, 1.807) is 37.5 Å². The van der Waals surface area contributed by atoms with E-state index in [-0.39, 0.29) is 11.7 Å². The number of thiazole rings is 1.